The highest BCUT2D eigenvalue weighted by molar-refractivity contribution is 5.81. The van der Waals surface area contributed by atoms with Crippen LogP contribution >= 0.6 is 0 Å². The fourth-order valence-electron chi connectivity index (χ4n) is 2.15. The minimum absolute atomic E-state index is 0.0777. The topological polar surface area (TPSA) is 41.1 Å². The monoisotopic (exact) mass is 262 g/mol. The van der Waals surface area contributed by atoms with Gasteiger partial charge in [-0.2, -0.15) is 0 Å². The van der Waals surface area contributed by atoms with Gasteiger partial charge >= 0.3 is 0 Å². The Kier molecular flexibility index (Phi) is 6.57. The quantitative estimate of drug-likeness (QED) is 0.742. The lowest BCUT2D eigenvalue weighted by Gasteiger charge is -2.21. The number of aryl methyl sites for hydroxylation is 1. The molecule has 0 radical (unpaired) electrons. The molecule has 0 aliphatic carbocycles. The van der Waals surface area contributed by atoms with Gasteiger partial charge in [0.25, 0.3) is 0 Å². The molecule has 2 N–H and O–H groups in total. The number of carbonyl (C=O) groups is 1. The summed E-state index contributed by atoms with van der Waals surface area (Å²) in [5.41, 5.74) is 2.50. The average Bonchev–Trinajstić information content (AvgIpc) is 2.39. The number of rotatable bonds is 7. The van der Waals surface area contributed by atoms with Crippen LogP contribution in [0.15, 0.2) is 24.3 Å². The van der Waals surface area contributed by atoms with Gasteiger partial charge in [0.05, 0.1) is 6.04 Å². The third-order valence-corrected chi connectivity index (χ3v) is 3.38. The van der Waals surface area contributed by atoms with Gasteiger partial charge in [-0.25, -0.2) is 0 Å². The summed E-state index contributed by atoms with van der Waals surface area (Å²) in [6.45, 7) is 8.99. The predicted octanol–water partition coefficient (Wildman–Crippen LogP) is 2.95. The first-order valence-corrected chi connectivity index (χ1v) is 7.15. The highest BCUT2D eigenvalue weighted by Gasteiger charge is 2.16. The van der Waals surface area contributed by atoms with Crippen LogP contribution in [0.3, 0.4) is 0 Å². The van der Waals surface area contributed by atoms with Gasteiger partial charge in [-0.3, -0.25) is 10.1 Å². The average molecular weight is 262 g/mol. The number of benzene rings is 1. The molecule has 1 amide bonds. The van der Waals surface area contributed by atoms with E-state index in [2.05, 4.69) is 43.5 Å². The lowest BCUT2D eigenvalue weighted by Crippen LogP contribution is -2.43. The summed E-state index contributed by atoms with van der Waals surface area (Å²) in [4.78, 5) is 11.9. The minimum atomic E-state index is -0.175. The zero-order chi connectivity index (χ0) is 14.3. The third-order valence-electron chi connectivity index (χ3n) is 3.38. The van der Waals surface area contributed by atoms with Crippen LogP contribution in [0, 0.1) is 6.92 Å². The molecule has 106 valence electrons. The van der Waals surface area contributed by atoms with Crippen LogP contribution < -0.4 is 10.6 Å². The SMILES string of the molecule is CCCCNC(=O)C(C)N[C@H](C)c1ccccc1C. The van der Waals surface area contributed by atoms with Crippen molar-refractivity contribution in [1.82, 2.24) is 10.6 Å². The van der Waals surface area contributed by atoms with Crippen molar-refractivity contribution >= 4 is 5.91 Å². The van der Waals surface area contributed by atoms with Crippen molar-refractivity contribution in [2.75, 3.05) is 6.54 Å². The Labute approximate surface area is 116 Å². The van der Waals surface area contributed by atoms with Crippen molar-refractivity contribution in [2.24, 2.45) is 0 Å². The molecule has 1 unspecified atom stereocenters. The molecule has 0 saturated carbocycles. The van der Waals surface area contributed by atoms with Crippen LogP contribution in [-0.4, -0.2) is 18.5 Å². The molecule has 0 saturated heterocycles. The third kappa shape index (κ3) is 5.03. The Morgan fingerprint density at radius 3 is 2.58 bits per heavy atom. The summed E-state index contributed by atoms with van der Waals surface area (Å²) in [7, 11) is 0. The lowest BCUT2D eigenvalue weighted by atomic mass is 10.0. The van der Waals surface area contributed by atoms with Gasteiger partial charge in [-0.1, -0.05) is 37.6 Å². The lowest BCUT2D eigenvalue weighted by molar-refractivity contribution is -0.122. The first kappa shape index (κ1) is 15.7. The zero-order valence-corrected chi connectivity index (χ0v) is 12.5. The number of carbonyl (C=O) groups excluding carboxylic acids is 1. The summed E-state index contributed by atoms with van der Waals surface area (Å²) in [6, 6.07) is 8.27. The normalized spacial score (nSPS) is 13.9. The molecule has 1 aromatic carbocycles. The molecule has 0 bridgehead atoms. The maximum atomic E-state index is 11.9. The number of unbranched alkanes of at least 4 members (excludes halogenated alkanes) is 1. The van der Waals surface area contributed by atoms with Crippen LogP contribution in [0.4, 0.5) is 0 Å². The molecule has 1 aromatic rings. The van der Waals surface area contributed by atoms with Gasteiger partial charge < -0.3 is 5.32 Å². The second-order valence-electron chi connectivity index (χ2n) is 5.11. The van der Waals surface area contributed by atoms with Gasteiger partial charge in [-0.05, 0) is 38.3 Å². The summed E-state index contributed by atoms with van der Waals surface area (Å²) in [6.07, 6.45) is 2.13. The summed E-state index contributed by atoms with van der Waals surface area (Å²) < 4.78 is 0. The van der Waals surface area contributed by atoms with E-state index in [9.17, 15) is 4.79 Å². The summed E-state index contributed by atoms with van der Waals surface area (Å²) >= 11 is 0. The smallest absolute Gasteiger partial charge is 0.236 e. The maximum Gasteiger partial charge on any atom is 0.236 e. The van der Waals surface area contributed by atoms with Crippen molar-refractivity contribution in [3.05, 3.63) is 35.4 Å². The van der Waals surface area contributed by atoms with Crippen LogP contribution in [0.5, 0.6) is 0 Å². The van der Waals surface area contributed by atoms with Crippen LogP contribution in [-0.2, 0) is 4.79 Å². The van der Waals surface area contributed by atoms with Crippen LogP contribution in [0.2, 0.25) is 0 Å². The van der Waals surface area contributed by atoms with E-state index in [0.29, 0.717) is 0 Å². The van der Waals surface area contributed by atoms with Gasteiger partial charge in [0.15, 0.2) is 0 Å². The number of nitrogens with one attached hydrogen (secondary N) is 2. The van der Waals surface area contributed by atoms with E-state index in [0.717, 1.165) is 19.4 Å². The molecule has 19 heavy (non-hydrogen) atoms. The van der Waals surface area contributed by atoms with Crippen molar-refractivity contribution in [3.8, 4) is 0 Å². The van der Waals surface area contributed by atoms with Crippen molar-refractivity contribution in [1.29, 1.82) is 0 Å². The van der Waals surface area contributed by atoms with E-state index in [4.69, 9.17) is 0 Å². The largest absolute Gasteiger partial charge is 0.355 e. The van der Waals surface area contributed by atoms with Crippen molar-refractivity contribution in [3.63, 3.8) is 0 Å². The van der Waals surface area contributed by atoms with E-state index < -0.39 is 0 Å². The van der Waals surface area contributed by atoms with Crippen molar-refractivity contribution < 1.29 is 4.79 Å². The standard InChI is InChI=1S/C16H26N2O/c1-5-6-11-17-16(19)14(4)18-13(3)15-10-8-7-9-12(15)2/h7-10,13-14,18H,5-6,11H2,1-4H3,(H,17,19)/t13-,14?/m1/s1. The molecule has 3 nitrogen and oxygen atoms in total. The van der Waals surface area contributed by atoms with E-state index in [1.165, 1.54) is 11.1 Å². The summed E-state index contributed by atoms with van der Waals surface area (Å²) in [5.74, 6) is 0.0777. The van der Waals surface area contributed by atoms with Gasteiger partial charge in [0.2, 0.25) is 5.91 Å². The second-order valence-corrected chi connectivity index (χ2v) is 5.11. The van der Waals surface area contributed by atoms with E-state index in [-0.39, 0.29) is 18.0 Å². The molecular formula is C16H26N2O. The highest BCUT2D eigenvalue weighted by Crippen LogP contribution is 2.17. The molecule has 0 heterocycles. The first-order chi connectivity index (χ1) is 9.06. The Hall–Kier alpha value is -1.35. The minimum Gasteiger partial charge on any atom is -0.355 e. The molecule has 1 rings (SSSR count). The molecular weight excluding hydrogens is 236 g/mol. The number of amides is 1. The summed E-state index contributed by atoms with van der Waals surface area (Å²) in [5, 5.41) is 6.30. The van der Waals surface area contributed by atoms with E-state index in [1.807, 2.05) is 19.1 Å². The maximum absolute atomic E-state index is 11.9. The molecule has 0 spiro atoms. The first-order valence-electron chi connectivity index (χ1n) is 7.15. The molecule has 0 fully saturated rings. The fourth-order valence-corrected chi connectivity index (χ4v) is 2.15. The number of hydrogen-bond donors (Lipinski definition) is 2. The van der Waals surface area contributed by atoms with Gasteiger partial charge in [-0.15, -0.1) is 0 Å². The Balaban J connectivity index is 2.50. The fraction of sp³-hybridized carbons (Fsp3) is 0.562. The van der Waals surface area contributed by atoms with E-state index in [1.54, 1.807) is 0 Å². The highest BCUT2D eigenvalue weighted by atomic mass is 16.2. The van der Waals surface area contributed by atoms with Crippen molar-refractivity contribution in [2.45, 2.75) is 52.6 Å². The Bertz CT molecular complexity index is 403. The number of hydrogen-bond acceptors (Lipinski definition) is 2. The second kappa shape index (κ2) is 7.95. The van der Waals surface area contributed by atoms with Gasteiger partial charge in [0.1, 0.15) is 0 Å². The van der Waals surface area contributed by atoms with E-state index >= 15 is 0 Å². The predicted molar refractivity (Wildman–Crippen MR) is 80.1 cm³/mol. The zero-order valence-electron chi connectivity index (χ0n) is 12.5. The molecule has 0 aliphatic heterocycles. The van der Waals surface area contributed by atoms with Crippen LogP contribution in [0.1, 0.15) is 50.8 Å². The van der Waals surface area contributed by atoms with Gasteiger partial charge in [0, 0.05) is 12.6 Å². The molecule has 0 aliphatic rings. The Morgan fingerprint density at radius 1 is 1.26 bits per heavy atom. The molecule has 3 heteroatoms. The Morgan fingerprint density at radius 2 is 1.95 bits per heavy atom. The van der Waals surface area contributed by atoms with Crippen LogP contribution in [0.25, 0.3) is 0 Å². The molecule has 0 aromatic heterocycles. The molecule has 2 atom stereocenters.